The van der Waals surface area contributed by atoms with E-state index in [-0.39, 0.29) is 10.8 Å². The maximum atomic E-state index is 5.84. The Hall–Kier alpha value is 0. The van der Waals surface area contributed by atoms with Crippen LogP contribution in [0.3, 0.4) is 0 Å². The third kappa shape index (κ3) is 4.84. The molecule has 0 heteroatoms. The Balaban J connectivity index is 3.89. The molecule has 0 aliphatic heterocycles. The van der Waals surface area contributed by atoms with E-state index >= 15 is 0 Å². The summed E-state index contributed by atoms with van der Waals surface area (Å²) in [6, 6.07) is 0. The second-order valence-corrected chi connectivity index (χ2v) is 4.53. The lowest BCUT2D eigenvalue weighted by Crippen LogP contribution is -2.19. The number of hydrogen-bond acceptors (Lipinski definition) is 0. The lowest BCUT2D eigenvalue weighted by molar-refractivity contribution is 0.237. The average molecular weight is 138 g/mol. The van der Waals surface area contributed by atoms with E-state index in [9.17, 15) is 0 Å². The summed E-state index contributed by atoms with van der Waals surface area (Å²) in [5, 5.41) is 0. The lowest BCUT2D eigenvalue weighted by Gasteiger charge is -2.30. The molecule has 0 N–H and O–H groups in total. The summed E-state index contributed by atoms with van der Waals surface area (Å²) in [6.45, 7) is 19.7. The summed E-state index contributed by atoms with van der Waals surface area (Å²) in [6.07, 6.45) is 1.67. The minimum atomic E-state index is -0.0944. The van der Waals surface area contributed by atoms with Gasteiger partial charge in [0.1, 0.15) is 0 Å². The highest BCUT2D eigenvalue weighted by Crippen LogP contribution is 2.34. The van der Waals surface area contributed by atoms with Gasteiger partial charge in [-0.15, -0.1) is 0 Å². The predicted octanol–water partition coefficient (Wildman–Crippen LogP) is 3.24. The van der Waals surface area contributed by atoms with E-state index in [0.717, 1.165) is 6.42 Å². The van der Waals surface area contributed by atoms with Crippen molar-refractivity contribution in [1.82, 2.24) is 0 Å². The zero-order valence-corrected chi connectivity index (χ0v) is 7.57. The van der Waals surface area contributed by atoms with E-state index in [2.05, 4.69) is 13.8 Å². The van der Waals surface area contributed by atoms with E-state index < -0.39 is 0 Å². The van der Waals surface area contributed by atoms with Gasteiger partial charge in [0, 0.05) is 0 Å². The Kier molecular flexibility index (Phi) is 2.94. The van der Waals surface area contributed by atoms with Crippen molar-refractivity contribution in [3.05, 3.63) is 13.8 Å². The van der Waals surface area contributed by atoms with Crippen LogP contribution < -0.4 is 0 Å². The largest absolute Gasteiger partial charge is 0.0599 e. The molecule has 0 spiro atoms. The SMILES string of the molecule is [CH]CC(C)(C)CC([CH])(C)C. The van der Waals surface area contributed by atoms with Crippen LogP contribution in [0.1, 0.15) is 40.5 Å². The Labute approximate surface area is 66.0 Å². The summed E-state index contributed by atoms with van der Waals surface area (Å²) in [5.74, 6) is 0. The standard InChI is InChI=1S/C10H18/c1-7-10(5,6)8-9(2,3)4/h1-2H,7-8H2,3-6H3. The molecule has 0 aromatic carbocycles. The van der Waals surface area contributed by atoms with Crippen molar-refractivity contribution in [2.75, 3.05) is 0 Å². The molecule has 0 saturated heterocycles. The number of hydrogen-bond donors (Lipinski definition) is 0. The molecule has 0 aromatic heterocycles. The second-order valence-electron chi connectivity index (χ2n) is 4.53. The van der Waals surface area contributed by atoms with Crippen LogP contribution in [-0.2, 0) is 0 Å². The summed E-state index contributed by atoms with van der Waals surface area (Å²) < 4.78 is 0. The van der Waals surface area contributed by atoms with Crippen molar-refractivity contribution >= 4 is 0 Å². The van der Waals surface area contributed by atoms with Gasteiger partial charge >= 0.3 is 0 Å². The highest BCUT2D eigenvalue weighted by Gasteiger charge is 2.23. The van der Waals surface area contributed by atoms with Gasteiger partial charge in [-0.05, 0) is 37.5 Å². The molecule has 0 fully saturated rings. The molecule has 0 bridgehead atoms. The molecule has 4 radical (unpaired) electrons. The molecule has 10 heavy (non-hydrogen) atoms. The maximum absolute atomic E-state index is 5.84. The summed E-state index contributed by atoms with van der Waals surface area (Å²) >= 11 is 0. The van der Waals surface area contributed by atoms with E-state index in [4.69, 9.17) is 13.8 Å². The normalized spacial score (nSPS) is 13.8. The van der Waals surface area contributed by atoms with Crippen molar-refractivity contribution in [3.63, 3.8) is 0 Å². The van der Waals surface area contributed by atoms with Crippen molar-refractivity contribution in [3.8, 4) is 0 Å². The fraction of sp³-hybridized carbons (Fsp3) is 0.800. The van der Waals surface area contributed by atoms with Gasteiger partial charge in [-0.3, -0.25) is 0 Å². The van der Waals surface area contributed by atoms with E-state index in [1.165, 1.54) is 0 Å². The first-order valence-corrected chi connectivity index (χ1v) is 3.76. The van der Waals surface area contributed by atoms with Crippen molar-refractivity contribution in [1.29, 1.82) is 0 Å². The van der Waals surface area contributed by atoms with Crippen LogP contribution >= 0.6 is 0 Å². The quantitative estimate of drug-likeness (QED) is 0.561. The van der Waals surface area contributed by atoms with Crippen LogP contribution in [0.5, 0.6) is 0 Å². The van der Waals surface area contributed by atoms with Gasteiger partial charge in [0.2, 0.25) is 0 Å². The van der Waals surface area contributed by atoms with Gasteiger partial charge < -0.3 is 0 Å². The average Bonchev–Trinajstić information content (AvgIpc) is 1.60. The van der Waals surface area contributed by atoms with Gasteiger partial charge in [-0.2, -0.15) is 0 Å². The second kappa shape index (κ2) is 2.94. The summed E-state index contributed by atoms with van der Waals surface area (Å²) in [4.78, 5) is 0. The summed E-state index contributed by atoms with van der Waals surface area (Å²) in [7, 11) is 0. The Morgan fingerprint density at radius 1 is 1.10 bits per heavy atom. The van der Waals surface area contributed by atoms with Crippen LogP contribution in [0.15, 0.2) is 0 Å². The van der Waals surface area contributed by atoms with Crippen LogP contribution in [0.4, 0.5) is 0 Å². The summed E-state index contributed by atoms with van der Waals surface area (Å²) in [5.41, 5.74) is 0.0844. The first-order chi connectivity index (χ1) is 4.27. The zero-order valence-electron chi connectivity index (χ0n) is 7.57. The van der Waals surface area contributed by atoms with Crippen molar-refractivity contribution in [2.24, 2.45) is 10.8 Å². The van der Waals surface area contributed by atoms with Crippen LogP contribution in [0, 0.1) is 24.7 Å². The van der Waals surface area contributed by atoms with Crippen LogP contribution in [-0.4, -0.2) is 0 Å². The first-order valence-electron chi connectivity index (χ1n) is 3.76. The lowest BCUT2D eigenvalue weighted by atomic mass is 9.75. The zero-order chi connectivity index (χ0) is 8.41. The predicted molar refractivity (Wildman–Crippen MR) is 45.4 cm³/mol. The third-order valence-corrected chi connectivity index (χ3v) is 1.49. The highest BCUT2D eigenvalue weighted by molar-refractivity contribution is 4.80. The molecule has 0 atom stereocenters. The van der Waals surface area contributed by atoms with Crippen LogP contribution in [0.2, 0.25) is 0 Å². The topological polar surface area (TPSA) is 0 Å². The molecule has 58 valence electrons. The fourth-order valence-corrected chi connectivity index (χ4v) is 1.31. The van der Waals surface area contributed by atoms with Crippen molar-refractivity contribution < 1.29 is 0 Å². The van der Waals surface area contributed by atoms with Gasteiger partial charge in [0.05, 0.1) is 0 Å². The third-order valence-electron chi connectivity index (χ3n) is 1.49. The van der Waals surface area contributed by atoms with E-state index in [1.807, 2.05) is 13.8 Å². The van der Waals surface area contributed by atoms with Gasteiger partial charge in [0.15, 0.2) is 0 Å². The molecule has 0 nitrogen and oxygen atoms in total. The molecular weight excluding hydrogens is 120 g/mol. The minimum absolute atomic E-state index is 0.0944. The smallest absolute Gasteiger partial charge is 0.0290 e. The highest BCUT2D eigenvalue weighted by atomic mass is 14.3. The molecule has 0 saturated carbocycles. The minimum Gasteiger partial charge on any atom is -0.0599 e. The molecule has 0 aromatic rings. The molecule has 0 aliphatic rings. The van der Waals surface area contributed by atoms with E-state index in [0.29, 0.717) is 6.42 Å². The fourth-order valence-electron chi connectivity index (χ4n) is 1.31. The molecule has 0 aliphatic carbocycles. The Morgan fingerprint density at radius 2 is 1.50 bits per heavy atom. The van der Waals surface area contributed by atoms with E-state index in [1.54, 1.807) is 0 Å². The molecule has 0 unspecified atom stereocenters. The van der Waals surface area contributed by atoms with Crippen molar-refractivity contribution in [2.45, 2.75) is 40.5 Å². The Bertz CT molecular complexity index is 93.1. The van der Waals surface area contributed by atoms with Gasteiger partial charge in [0.25, 0.3) is 0 Å². The molecule has 0 amide bonds. The molecular formula is C10H18. The van der Waals surface area contributed by atoms with Gasteiger partial charge in [-0.25, -0.2) is 0 Å². The molecule has 0 rings (SSSR count). The van der Waals surface area contributed by atoms with Crippen LogP contribution in [0.25, 0.3) is 0 Å². The molecule has 0 heterocycles. The van der Waals surface area contributed by atoms with Gasteiger partial charge in [-0.1, -0.05) is 27.7 Å². The first kappa shape index (κ1) is 10.0. The Morgan fingerprint density at radius 3 is 1.60 bits per heavy atom. The monoisotopic (exact) mass is 138 g/mol. The number of rotatable bonds is 3. The maximum Gasteiger partial charge on any atom is -0.0290 e.